The van der Waals surface area contributed by atoms with Crippen LogP contribution in [0, 0.1) is 5.92 Å². The molecule has 0 bridgehead atoms. The second-order valence-electron chi connectivity index (χ2n) is 11.1. The Morgan fingerprint density at radius 2 is 2.00 bits per heavy atom. The third-order valence-corrected chi connectivity index (χ3v) is 7.97. The number of benzene rings is 2. The molecule has 5 rings (SSSR count). The minimum Gasteiger partial charge on any atom is -0.388 e. The second-order valence-corrected chi connectivity index (χ2v) is 11.5. The van der Waals surface area contributed by atoms with E-state index < -0.39 is 11.7 Å². The van der Waals surface area contributed by atoms with E-state index >= 15 is 0 Å². The second kappa shape index (κ2) is 12.6. The van der Waals surface area contributed by atoms with E-state index in [1.165, 1.54) is 5.57 Å². The first-order valence-electron chi connectivity index (χ1n) is 14.1. The molecule has 1 saturated heterocycles. The normalized spacial score (nSPS) is 20.9. The van der Waals surface area contributed by atoms with Gasteiger partial charge in [0.2, 0.25) is 0 Å². The molecular formula is C34H38ClNO3. The first-order valence-corrected chi connectivity index (χ1v) is 14.4. The van der Waals surface area contributed by atoms with Gasteiger partial charge in [0.15, 0.2) is 6.29 Å². The number of rotatable bonds is 9. The van der Waals surface area contributed by atoms with Gasteiger partial charge in [-0.1, -0.05) is 66.2 Å². The highest BCUT2D eigenvalue weighted by atomic mass is 35.5. The van der Waals surface area contributed by atoms with Crippen LogP contribution in [0.5, 0.6) is 0 Å². The fourth-order valence-corrected chi connectivity index (χ4v) is 5.79. The van der Waals surface area contributed by atoms with Gasteiger partial charge < -0.3 is 14.6 Å². The fourth-order valence-electron chi connectivity index (χ4n) is 5.62. The number of fused-ring (bicyclic) bond motifs is 1. The van der Waals surface area contributed by atoms with Crippen LogP contribution < -0.4 is 0 Å². The summed E-state index contributed by atoms with van der Waals surface area (Å²) < 4.78 is 12.3. The lowest BCUT2D eigenvalue weighted by Crippen LogP contribution is -2.38. The lowest BCUT2D eigenvalue weighted by atomic mass is 9.78. The van der Waals surface area contributed by atoms with Crippen molar-refractivity contribution in [2.75, 3.05) is 6.61 Å². The van der Waals surface area contributed by atoms with Gasteiger partial charge in [0, 0.05) is 17.0 Å². The van der Waals surface area contributed by atoms with E-state index in [2.05, 4.69) is 44.2 Å². The first-order chi connectivity index (χ1) is 18.9. The van der Waals surface area contributed by atoms with E-state index in [1.54, 1.807) is 0 Å². The van der Waals surface area contributed by atoms with Gasteiger partial charge in [0.25, 0.3) is 0 Å². The number of hydrogen-bond donors (Lipinski definition) is 1. The fraction of sp³-hybridized carbons (Fsp3) is 0.382. The molecule has 0 radical (unpaired) electrons. The van der Waals surface area contributed by atoms with Crippen LogP contribution >= 0.6 is 11.6 Å². The average Bonchev–Trinajstić information content (AvgIpc) is 2.95. The van der Waals surface area contributed by atoms with E-state index in [1.807, 2.05) is 54.6 Å². The minimum atomic E-state index is -0.530. The zero-order valence-corrected chi connectivity index (χ0v) is 23.6. The Hall–Kier alpha value is -2.76. The van der Waals surface area contributed by atoms with Crippen LogP contribution in [0.3, 0.4) is 0 Å². The molecule has 1 aliphatic heterocycles. The third kappa shape index (κ3) is 7.26. The van der Waals surface area contributed by atoms with E-state index in [4.69, 9.17) is 26.1 Å². The summed E-state index contributed by atoms with van der Waals surface area (Å²) in [6, 6.07) is 17.9. The maximum Gasteiger partial charge on any atom is 0.158 e. The summed E-state index contributed by atoms with van der Waals surface area (Å²) in [6.45, 7) is 5.07. The molecule has 2 unspecified atom stereocenters. The van der Waals surface area contributed by atoms with Crippen molar-refractivity contribution in [3.05, 3.63) is 100 Å². The molecule has 1 N–H and O–H groups in total. The molecule has 0 saturated carbocycles. The van der Waals surface area contributed by atoms with E-state index in [-0.39, 0.29) is 6.29 Å². The van der Waals surface area contributed by atoms with Crippen molar-refractivity contribution in [1.82, 2.24) is 4.98 Å². The Kier molecular flexibility index (Phi) is 8.99. The smallest absolute Gasteiger partial charge is 0.158 e. The van der Waals surface area contributed by atoms with Crippen molar-refractivity contribution in [2.45, 2.75) is 70.4 Å². The summed E-state index contributed by atoms with van der Waals surface area (Å²) >= 11 is 6.14. The monoisotopic (exact) mass is 543 g/mol. The molecule has 1 fully saturated rings. The highest BCUT2D eigenvalue weighted by molar-refractivity contribution is 6.31. The predicted octanol–water partition coefficient (Wildman–Crippen LogP) is 8.70. The van der Waals surface area contributed by atoms with Gasteiger partial charge in [0.1, 0.15) is 0 Å². The molecule has 2 heterocycles. The van der Waals surface area contributed by atoms with Gasteiger partial charge in [-0.3, -0.25) is 0 Å². The Labute approximate surface area is 237 Å². The Morgan fingerprint density at radius 3 is 2.85 bits per heavy atom. The summed E-state index contributed by atoms with van der Waals surface area (Å²) in [5.41, 5.74) is 4.58. The van der Waals surface area contributed by atoms with Crippen LogP contribution in [0.2, 0.25) is 5.02 Å². The van der Waals surface area contributed by atoms with Crippen LogP contribution in [-0.4, -0.2) is 28.6 Å². The molecule has 5 heteroatoms. The summed E-state index contributed by atoms with van der Waals surface area (Å²) in [4.78, 5) is 4.70. The van der Waals surface area contributed by atoms with Crippen molar-refractivity contribution in [3.63, 3.8) is 0 Å². The topological polar surface area (TPSA) is 51.6 Å². The van der Waals surface area contributed by atoms with Crippen molar-refractivity contribution in [1.29, 1.82) is 0 Å². The number of aromatic nitrogens is 1. The maximum atomic E-state index is 11.1. The molecule has 2 aromatic carbocycles. The van der Waals surface area contributed by atoms with Gasteiger partial charge in [-0.05, 0) is 105 Å². The molecule has 39 heavy (non-hydrogen) atoms. The summed E-state index contributed by atoms with van der Waals surface area (Å²) in [5.74, 6) is 0.332. The molecular weight excluding hydrogens is 506 g/mol. The summed E-state index contributed by atoms with van der Waals surface area (Å²) in [6.07, 6.45) is 15.7. The molecule has 0 amide bonds. The molecule has 1 aromatic heterocycles. The van der Waals surface area contributed by atoms with E-state index in [9.17, 15) is 5.11 Å². The molecule has 3 atom stereocenters. The van der Waals surface area contributed by atoms with Gasteiger partial charge >= 0.3 is 0 Å². The van der Waals surface area contributed by atoms with Gasteiger partial charge in [0.05, 0.1) is 22.9 Å². The maximum absolute atomic E-state index is 11.1. The van der Waals surface area contributed by atoms with Crippen LogP contribution in [0.4, 0.5) is 0 Å². The number of hydrogen-bond acceptors (Lipinski definition) is 4. The largest absolute Gasteiger partial charge is 0.388 e. The quantitative estimate of drug-likeness (QED) is 0.293. The highest BCUT2D eigenvalue weighted by Crippen LogP contribution is 2.38. The van der Waals surface area contributed by atoms with Crippen LogP contribution in [0.15, 0.2) is 78.4 Å². The molecule has 2 aliphatic rings. The van der Waals surface area contributed by atoms with Crippen molar-refractivity contribution >= 4 is 34.7 Å². The highest BCUT2D eigenvalue weighted by Gasteiger charge is 2.34. The van der Waals surface area contributed by atoms with Crippen molar-refractivity contribution in [3.8, 4) is 0 Å². The molecule has 204 valence electrons. The Bertz CT molecular complexity index is 1370. The number of pyridine rings is 1. The molecule has 1 aliphatic carbocycles. The Morgan fingerprint density at radius 1 is 1.13 bits per heavy atom. The van der Waals surface area contributed by atoms with E-state index in [0.717, 1.165) is 66.4 Å². The predicted molar refractivity (Wildman–Crippen MR) is 160 cm³/mol. The van der Waals surface area contributed by atoms with Crippen molar-refractivity contribution < 1.29 is 14.6 Å². The van der Waals surface area contributed by atoms with E-state index in [0.29, 0.717) is 17.4 Å². The standard InChI is InChI=1S/C34H38ClNO3/c1-34(2,39-33-12-5-6-21-38-33)30-11-4-3-9-25(30)16-20-32(37)27-10-7-8-24(22-27)13-18-29-19-15-26-14-17-28(35)23-31(26)36-29/h3-4,7-8,10-11,13-15,17-19,22-23,25,32-33,37H,5-6,9,12,16,20-21H2,1-2H3/b18-13+/t25?,32-,33?/m0/s1. The molecule has 4 nitrogen and oxygen atoms in total. The third-order valence-electron chi connectivity index (χ3n) is 7.74. The van der Waals surface area contributed by atoms with Crippen LogP contribution in [0.1, 0.15) is 75.3 Å². The number of halogens is 1. The lowest BCUT2D eigenvalue weighted by Gasteiger charge is -2.38. The molecule has 0 spiro atoms. The first kappa shape index (κ1) is 27.8. The summed E-state index contributed by atoms with van der Waals surface area (Å²) in [7, 11) is 0. The van der Waals surface area contributed by atoms with Crippen LogP contribution in [0.25, 0.3) is 23.1 Å². The average molecular weight is 544 g/mol. The van der Waals surface area contributed by atoms with Gasteiger partial charge in [-0.25, -0.2) is 4.98 Å². The number of nitrogens with zero attached hydrogens (tertiary/aromatic N) is 1. The summed E-state index contributed by atoms with van der Waals surface area (Å²) in [5, 5.41) is 12.9. The minimum absolute atomic E-state index is 0.134. The lowest BCUT2D eigenvalue weighted by molar-refractivity contribution is -0.206. The van der Waals surface area contributed by atoms with Gasteiger partial charge in [-0.15, -0.1) is 0 Å². The number of ether oxygens (including phenoxy) is 2. The Balaban J connectivity index is 1.21. The van der Waals surface area contributed by atoms with Crippen molar-refractivity contribution in [2.24, 2.45) is 5.92 Å². The van der Waals surface area contributed by atoms with Gasteiger partial charge in [-0.2, -0.15) is 0 Å². The molecule has 3 aromatic rings. The number of allylic oxidation sites excluding steroid dienone is 3. The van der Waals surface area contributed by atoms with Crippen LogP contribution in [-0.2, 0) is 9.47 Å². The number of aliphatic hydroxyl groups is 1. The SMILES string of the molecule is CC(C)(OC1CCCCO1)C1=CC=CCC1CC[C@H](O)c1cccc(/C=C/c2ccc3ccc(Cl)cc3n2)c1. The number of aliphatic hydroxyl groups excluding tert-OH is 1. The zero-order valence-electron chi connectivity index (χ0n) is 22.9. The zero-order chi connectivity index (χ0) is 27.2.